The minimum absolute atomic E-state index is 0.0912. The van der Waals surface area contributed by atoms with Gasteiger partial charge in [0.05, 0.1) is 6.10 Å². The minimum atomic E-state index is -1.62. The van der Waals surface area contributed by atoms with Crippen LogP contribution >= 0.6 is 0 Å². The molecule has 0 amide bonds. The Kier molecular flexibility index (Phi) is 16.0. The fraction of sp³-hybridized carbons (Fsp3) is 1.00. The topological polar surface area (TPSA) is 131 Å². The molecule has 0 aromatic carbocycles. The summed E-state index contributed by atoms with van der Waals surface area (Å²) in [4.78, 5) is 0. The lowest BCUT2D eigenvalue weighted by Crippen LogP contribution is -2.64. The Balaban J connectivity index is 1.97. The Morgan fingerprint density at radius 1 is 0.548 bits per heavy atom. The van der Waals surface area contributed by atoms with E-state index in [0.717, 1.165) is 12.8 Å². The summed E-state index contributed by atoms with van der Waals surface area (Å²) in [6.45, 7) is 2.34. The van der Waals surface area contributed by atoms with Gasteiger partial charge in [0.25, 0.3) is 0 Å². The van der Waals surface area contributed by atoms with Crippen LogP contribution in [0.25, 0.3) is 0 Å². The molecule has 1 fully saturated rings. The maximum atomic E-state index is 10.1. The standard InChI is InChI=1S/C24H48O7/c1-2-3-4-5-6-7-8-9-10-11-12-13-14-15-18(25)16-17-31-24-22(29)20(27)19(26)21(28)23(24)30/h18-30H,2-17H2,1H3/t18-,19-,20+,21?,22?,23?,24-/m1/s1. The first kappa shape index (κ1) is 28.8. The molecule has 0 saturated heterocycles. The zero-order valence-corrected chi connectivity index (χ0v) is 19.4. The molecule has 0 aromatic heterocycles. The van der Waals surface area contributed by atoms with Gasteiger partial charge in [-0.05, 0) is 12.8 Å². The summed E-state index contributed by atoms with van der Waals surface area (Å²) in [5, 5.41) is 58.9. The lowest BCUT2D eigenvalue weighted by atomic mass is 9.85. The van der Waals surface area contributed by atoms with Gasteiger partial charge in [-0.1, -0.05) is 90.4 Å². The highest BCUT2D eigenvalue weighted by Crippen LogP contribution is 2.24. The van der Waals surface area contributed by atoms with Crippen molar-refractivity contribution in [1.82, 2.24) is 0 Å². The highest BCUT2D eigenvalue weighted by atomic mass is 16.5. The van der Waals surface area contributed by atoms with E-state index in [1.54, 1.807) is 0 Å². The summed E-state index contributed by atoms with van der Waals surface area (Å²) in [5.74, 6) is 0. The van der Waals surface area contributed by atoms with Gasteiger partial charge in [0.2, 0.25) is 0 Å². The first-order valence-corrected chi connectivity index (χ1v) is 12.6. The molecule has 186 valence electrons. The number of aliphatic hydroxyl groups is 6. The molecule has 1 aliphatic carbocycles. The molecular weight excluding hydrogens is 400 g/mol. The van der Waals surface area contributed by atoms with Crippen molar-refractivity contribution in [3.8, 4) is 0 Å². The van der Waals surface area contributed by atoms with E-state index in [4.69, 9.17) is 4.74 Å². The average Bonchev–Trinajstić information content (AvgIpc) is 2.76. The quantitative estimate of drug-likeness (QED) is 0.178. The van der Waals surface area contributed by atoms with Crippen LogP contribution in [0.15, 0.2) is 0 Å². The molecule has 7 nitrogen and oxygen atoms in total. The first-order valence-electron chi connectivity index (χ1n) is 12.6. The van der Waals surface area contributed by atoms with E-state index in [9.17, 15) is 30.6 Å². The van der Waals surface area contributed by atoms with Crippen LogP contribution in [0.1, 0.15) is 103 Å². The highest BCUT2D eigenvalue weighted by Gasteiger charge is 2.48. The molecule has 7 atom stereocenters. The van der Waals surface area contributed by atoms with Crippen LogP contribution in [0, 0.1) is 0 Å². The van der Waals surface area contributed by atoms with Crippen molar-refractivity contribution >= 4 is 0 Å². The molecule has 0 bridgehead atoms. The smallest absolute Gasteiger partial charge is 0.114 e. The van der Waals surface area contributed by atoms with Crippen molar-refractivity contribution < 1.29 is 35.4 Å². The van der Waals surface area contributed by atoms with Gasteiger partial charge in [-0.2, -0.15) is 0 Å². The van der Waals surface area contributed by atoms with Crippen LogP contribution in [0.4, 0.5) is 0 Å². The summed E-state index contributed by atoms with van der Waals surface area (Å²) in [5.41, 5.74) is 0. The molecule has 6 N–H and O–H groups in total. The van der Waals surface area contributed by atoms with E-state index >= 15 is 0 Å². The fourth-order valence-corrected chi connectivity index (χ4v) is 4.28. The van der Waals surface area contributed by atoms with E-state index in [-0.39, 0.29) is 6.61 Å². The normalized spacial score (nSPS) is 29.9. The highest BCUT2D eigenvalue weighted by molar-refractivity contribution is 4.99. The number of ether oxygens (including phenoxy) is 1. The molecular formula is C24H48O7. The van der Waals surface area contributed by atoms with E-state index in [1.807, 2.05) is 0 Å². The predicted octanol–water partition coefficient (Wildman–Crippen LogP) is 2.42. The second-order valence-corrected chi connectivity index (χ2v) is 9.26. The number of unbranched alkanes of at least 4 members (excludes halogenated alkanes) is 12. The maximum Gasteiger partial charge on any atom is 0.114 e. The lowest BCUT2D eigenvalue weighted by molar-refractivity contribution is -0.236. The minimum Gasteiger partial charge on any atom is -0.393 e. The average molecular weight is 449 g/mol. The summed E-state index contributed by atoms with van der Waals surface area (Å²) < 4.78 is 5.40. The zero-order valence-electron chi connectivity index (χ0n) is 19.4. The Bertz CT molecular complexity index is 407. The zero-order chi connectivity index (χ0) is 23.1. The molecule has 1 aliphatic rings. The van der Waals surface area contributed by atoms with Gasteiger partial charge in [-0.15, -0.1) is 0 Å². The van der Waals surface area contributed by atoms with E-state index in [0.29, 0.717) is 12.8 Å². The van der Waals surface area contributed by atoms with Crippen LogP contribution < -0.4 is 0 Å². The molecule has 1 saturated carbocycles. The summed E-state index contributed by atoms with van der Waals surface area (Å²) in [6, 6.07) is 0. The van der Waals surface area contributed by atoms with E-state index < -0.39 is 42.7 Å². The van der Waals surface area contributed by atoms with E-state index in [2.05, 4.69) is 6.92 Å². The fourth-order valence-electron chi connectivity index (χ4n) is 4.28. The largest absolute Gasteiger partial charge is 0.393 e. The second-order valence-electron chi connectivity index (χ2n) is 9.26. The Hall–Kier alpha value is -0.280. The van der Waals surface area contributed by atoms with Gasteiger partial charge in [0, 0.05) is 6.61 Å². The van der Waals surface area contributed by atoms with Crippen molar-refractivity contribution in [3.63, 3.8) is 0 Å². The maximum absolute atomic E-state index is 10.1. The third kappa shape index (κ3) is 11.4. The van der Waals surface area contributed by atoms with Crippen molar-refractivity contribution in [1.29, 1.82) is 0 Å². The van der Waals surface area contributed by atoms with Crippen molar-refractivity contribution in [3.05, 3.63) is 0 Å². The van der Waals surface area contributed by atoms with Crippen LogP contribution in [0.2, 0.25) is 0 Å². The SMILES string of the molecule is CCCCCCCCCCCCCCC[C@@H](O)CCO[C@H]1C(O)C(O)[C@H](O)[C@H](O)C1O. The third-order valence-corrected chi connectivity index (χ3v) is 6.48. The summed E-state index contributed by atoms with van der Waals surface area (Å²) in [6.07, 6.45) is 8.20. The van der Waals surface area contributed by atoms with Crippen molar-refractivity contribution in [2.24, 2.45) is 0 Å². The lowest BCUT2D eigenvalue weighted by Gasteiger charge is -2.41. The van der Waals surface area contributed by atoms with Gasteiger partial charge < -0.3 is 35.4 Å². The molecule has 0 aromatic rings. The van der Waals surface area contributed by atoms with Crippen LogP contribution in [0.3, 0.4) is 0 Å². The van der Waals surface area contributed by atoms with Gasteiger partial charge in [0.15, 0.2) is 0 Å². The van der Waals surface area contributed by atoms with E-state index in [1.165, 1.54) is 70.6 Å². The molecule has 1 rings (SSSR count). The van der Waals surface area contributed by atoms with Gasteiger partial charge >= 0.3 is 0 Å². The number of rotatable bonds is 18. The Morgan fingerprint density at radius 2 is 0.935 bits per heavy atom. The summed E-state index contributed by atoms with van der Waals surface area (Å²) in [7, 11) is 0. The first-order chi connectivity index (χ1) is 14.9. The van der Waals surface area contributed by atoms with Crippen LogP contribution in [0.5, 0.6) is 0 Å². The molecule has 0 heterocycles. The monoisotopic (exact) mass is 448 g/mol. The molecule has 0 radical (unpaired) electrons. The Labute approximate surface area is 188 Å². The molecule has 0 spiro atoms. The Morgan fingerprint density at radius 3 is 1.39 bits per heavy atom. The second kappa shape index (κ2) is 17.2. The number of hydrogen-bond acceptors (Lipinski definition) is 7. The van der Waals surface area contributed by atoms with Crippen molar-refractivity contribution in [2.75, 3.05) is 6.61 Å². The summed E-state index contributed by atoms with van der Waals surface area (Å²) >= 11 is 0. The van der Waals surface area contributed by atoms with Gasteiger partial charge in [0.1, 0.15) is 36.6 Å². The van der Waals surface area contributed by atoms with Crippen molar-refractivity contribution in [2.45, 2.75) is 146 Å². The van der Waals surface area contributed by atoms with Gasteiger partial charge in [-0.25, -0.2) is 0 Å². The molecule has 3 unspecified atom stereocenters. The van der Waals surface area contributed by atoms with Crippen LogP contribution in [-0.2, 0) is 4.74 Å². The molecule has 0 aliphatic heterocycles. The molecule has 31 heavy (non-hydrogen) atoms. The number of hydrogen-bond donors (Lipinski definition) is 6. The van der Waals surface area contributed by atoms with Crippen LogP contribution in [-0.4, -0.2) is 80.0 Å². The number of aliphatic hydroxyl groups excluding tert-OH is 6. The van der Waals surface area contributed by atoms with Gasteiger partial charge in [-0.3, -0.25) is 0 Å². The third-order valence-electron chi connectivity index (χ3n) is 6.48. The predicted molar refractivity (Wildman–Crippen MR) is 121 cm³/mol. The molecule has 7 heteroatoms.